The Kier molecular flexibility index (Phi) is 5.42. The first-order chi connectivity index (χ1) is 12.1. The van der Waals surface area contributed by atoms with Gasteiger partial charge in [-0.1, -0.05) is 43.3 Å². The molecule has 0 bridgehead atoms. The molecule has 0 spiro atoms. The number of carbonyl (C=O) groups excluding carboxylic acids is 1. The monoisotopic (exact) mass is 337 g/mol. The highest BCUT2D eigenvalue weighted by atomic mass is 16.5. The second-order valence-electron chi connectivity index (χ2n) is 6.83. The van der Waals surface area contributed by atoms with Crippen LogP contribution in [0.2, 0.25) is 0 Å². The van der Waals surface area contributed by atoms with E-state index in [1.165, 1.54) is 24.0 Å². The van der Waals surface area contributed by atoms with Crippen LogP contribution < -0.4 is 10.1 Å². The Labute approximate surface area is 150 Å². The fourth-order valence-electron chi connectivity index (χ4n) is 3.43. The minimum atomic E-state index is -0.524. The zero-order valence-electron chi connectivity index (χ0n) is 15.3. The van der Waals surface area contributed by atoms with Crippen molar-refractivity contribution in [2.24, 2.45) is 0 Å². The number of hydrogen-bond donors (Lipinski definition) is 1. The summed E-state index contributed by atoms with van der Waals surface area (Å²) < 4.78 is 5.90. The molecule has 0 saturated heterocycles. The maximum absolute atomic E-state index is 12.5. The Hall–Kier alpha value is -2.29. The zero-order valence-corrected chi connectivity index (χ0v) is 15.3. The lowest BCUT2D eigenvalue weighted by Crippen LogP contribution is -2.37. The van der Waals surface area contributed by atoms with Crippen molar-refractivity contribution in [2.75, 3.05) is 0 Å². The second-order valence-corrected chi connectivity index (χ2v) is 6.83. The molecule has 1 N–H and O–H groups in total. The van der Waals surface area contributed by atoms with E-state index < -0.39 is 6.10 Å². The Morgan fingerprint density at radius 3 is 2.68 bits per heavy atom. The lowest BCUT2D eigenvalue weighted by Gasteiger charge is -2.20. The van der Waals surface area contributed by atoms with Crippen LogP contribution in [0.25, 0.3) is 0 Å². The van der Waals surface area contributed by atoms with Gasteiger partial charge in [-0.3, -0.25) is 4.79 Å². The molecule has 2 aromatic rings. The van der Waals surface area contributed by atoms with Crippen molar-refractivity contribution in [3.05, 3.63) is 64.7 Å². The number of aryl methyl sites for hydroxylation is 3. The number of amides is 1. The summed E-state index contributed by atoms with van der Waals surface area (Å²) in [6.45, 7) is 5.92. The summed E-state index contributed by atoms with van der Waals surface area (Å²) in [5, 5.41) is 3.08. The maximum Gasteiger partial charge on any atom is 0.261 e. The molecule has 2 aromatic carbocycles. The lowest BCUT2D eigenvalue weighted by atomic mass is 10.0. The van der Waals surface area contributed by atoms with Crippen LogP contribution in [0.15, 0.2) is 42.5 Å². The van der Waals surface area contributed by atoms with Crippen molar-refractivity contribution in [3.63, 3.8) is 0 Å². The van der Waals surface area contributed by atoms with Gasteiger partial charge in [0.25, 0.3) is 5.91 Å². The average molecular weight is 337 g/mol. The van der Waals surface area contributed by atoms with Crippen molar-refractivity contribution >= 4 is 5.91 Å². The molecule has 3 rings (SSSR count). The third-order valence-electron chi connectivity index (χ3n) is 5.01. The molecule has 0 aliphatic heterocycles. The van der Waals surface area contributed by atoms with E-state index >= 15 is 0 Å². The van der Waals surface area contributed by atoms with Gasteiger partial charge < -0.3 is 10.1 Å². The van der Waals surface area contributed by atoms with E-state index in [1.54, 1.807) is 6.92 Å². The van der Waals surface area contributed by atoms with E-state index in [2.05, 4.69) is 30.4 Å². The van der Waals surface area contributed by atoms with E-state index in [-0.39, 0.29) is 11.9 Å². The first kappa shape index (κ1) is 17.5. The normalized spacial score (nSPS) is 15.3. The Morgan fingerprint density at radius 1 is 1.12 bits per heavy atom. The molecule has 1 aliphatic rings. The molecule has 0 radical (unpaired) electrons. The van der Waals surface area contributed by atoms with Gasteiger partial charge in [0.2, 0.25) is 0 Å². The van der Waals surface area contributed by atoms with E-state index in [9.17, 15) is 4.79 Å². The number of nitrogens with one attached hydrogen (secondary N) is 1. The van der Waals surface area contributed by atoms with Gasteiger partial charge in [0, 0.05) is 0 Å². The SMILES string of the molecule is CCc1ccccc1O[C@@H](C)C(=O)N[C@@H](C)c1ccc2c(c1)CCC2. The van der Waals surface area contributed by atoms with E-state index in [1.807, 2.05) is 31.2 Å². The summed E-state index contributed by atoms with van der Waals surface area (Å²) in [5.41, 5.74) is 5.17. The van der Waals surface area contributed by atoms with Crippen molar-refractivity contribution in [1.29, 1.82) is 0 Å². The molecule has 3 heteroatoms. The third kappa shape index (κ3) is 4.04. The highest BCUT2D eigenvalue weighted by Crippen LogP contribution is 2.25. The molecule has 1 aliphatic carbocycles. The van der Waals surface area contributed by atoms with Gasteiger partial charge in [0.15, 0.2) is 6.10 Å². The number of ether oxygens (including phenoxy) is 1. The molecular weight excluding hydrogens is 310 g/mol. The molecule has 2 atom stereocenters. The number of benzene rings is 2. The zero-order chi connectivity index (χ0) is 17.8. The van der Waals surface area contributed by atoms with E-state index in [0.29, 0.717) is 0 Å². The fourth-order valence-corrected chi connectivity index (χ4v) is 3.43. The summed E-state index contributed by atoms with van der Waals surface area (Å²) >= 11 is 0. The predicted octanol–water partition coefficient (Wildman–Crippen LogP) is 4.38. The van der Waals surface area contributed by atoms with Crippen LogP contribution in [0.4, 0.5) is 0 Å². The highest BCUT2D eigenvalue weighted by molar-refractivity contribution is 5.81. The summed E-state index contributed by atoms with van der Waals surface area (Å²) in [4.78, 5) is 12.5. The molecule has 0 saturated carbocycles. The molecule has 0 heterocycles. The first-order valence-electron chi connectivity index (χ1n) is 9.25. The second kappa shape index (κ2) is 7.73. The largest absolute Gasteiger partial charge is 0.481 e. The molecule has 0 unspecified atom stereocenters. The lowest BCUT2D eigenvalue weighted by molar-refractivity contribution is -0.127. The van der Waals surface area contributed by atoms with E-state index in [4.69, 9.17) is 4.74 Å². The predicted molar refractivity (Wildman–Crippen MR) is 101 cm³/mol. The topological polar surface area (TPSA) is 38.3 Å². The minimum Gasteiger partial charge on any atom is -0.481 e. The highest BCUT2D eigenvalue weighted by Gasteiger charge is 2.20. The summed E-state index contributed by atoms with van der Waals surface area (Å²) in [7, 11) is 0. The molecule has 1 amide bonds. The smallest absolute Gasteiger partial charge is 0.261 e. The van der Waals surface area contributed by atoms with Gasteiger partial charge in [-0.2, -0.15) is 0 Å². The van der Waals surface area contributed by atoms with Crippen LogP contribution in [-0.4, -0.2) is 12.0 Å². The standard InChI is InChI=1S/C22H27NO2/c1-4-17-8-5-6-11-21(17)25-16(3)22(24)23-15(2)19-13-12-18-9-7-10-20(18)14-19/h5-6,8,11-16H,4,7,9-10H2,1-3H3,(H,23,24)/t15-,16-/m0/s1. The van der Waals surface area contributed by atoms with Gasteiger partial charge in [0.05, 0.1) is 6.04 Å². The molecule has 132 valence electrons. The number of rotatable bonds is 6. The Balaban J connectivity index is 1.63. The van der Waals surface area contributed by atoms with Gasteiger partial charge in [-0.15, -0.1) is 0 Å². The third-order valence-corrected chi connectivity index (χ3v) is 5.01. The number of hydrogen-bond acceptors (Lipinski definition) is 2. The number of carbonyl (C=O) groups is 1. The molecular formula is C22H27NO2. The Morgan fingerprint density at radius 2 is 1.88 bits per heavy atom. The average Bonchev–Trinajstić information content (AvgIpc) is 3.09. The van der Waals surface area contributed by atoms with Crippen molar-refractivity contribution in [1.82, 2.24) is 5.32 Å². The van der Waals surface area contributed by atoms with Gasteiger partial charge in [-0.05, 0) is 67.9 Å². The van der Waals surface area contributed by atoms with Crippen molar-refractivity contribution in [2.45, 2.75) is 58.6 Å². The number of fused-ring (bicyclic) bond motifs is 1. The van der Waals surface area contributed by atoms with Crippen LogP contribution in [0, 0.1) is 0 Å². The Bertz CT molecular complexity index is 753. The van der Waals surface area contributed by atoms with Gasteiger partial charge >= 0.3 is 0 Å². The quantitative estimate of drug-likeness (QED) is 0.849. The van der Waals surface area contributed by atoms with Crippen LogP contribution in [-0.2, 0) is 24.1 Å². The van der Waals surface area contributed by atoms with E-state index in [0.717, 1.165) is 29.7 Å². The molecule has 0 fully saturated rings. The molecule has 25 heavy (non-hydrogen) atoms. The summed E-state index contributed by atoms with van der Waals surface area (Å²) in [5.74, 6) is 0.705. The van der Waals surface area contributed by atoms with Crippen molar-refractivity contribution < 1.29 is 9.53 Å². The molecule has 3 nitrogen and oxygen atoms in total. The number of para-hydroxylation sites is 1. The van der Waals surface area contributed by atoms with Gasteiger partial charge in [-0.25, -0.2) is 0 Å². The molecule has 0 aromatic heterocycles. The summed E-state index contributed by atoms with van der Waals surface area (Å²) in [6.07, 6.45) is 3.93. The summed E-state index contributed by atoms with van der Waals surface area (Å²) in [6, 6.07) is 14.4. The van der Waals surface area contributed by atoms with Crippen LogP contribution in [0.1, 0.15) is 55.5 Å². The van der Waals surface area contributed by atoms with Crippen LogP contribution in [0.5, 0.6) is 5.75 Å². The van der Waals surface area contributed by atoms with Crippen molar-refractivity contribution in [3.8, 4) is 5.75 Å². The van der Waals surface area contributed by atoms with Crippen LogP contribution in [0.3, 0.4) is 0 Å². The minimum absolute atomic E-state index is 0.0223. The maximum atomic E-state index is 12.5. The fraction of sp³-hybridized carbons (Fsp3) is 0.409. The first-order valence-corrected chi connectivity index (χ1v) is 9.25. The van der Waals surface area contributed by atoms with Crippen LogP contribution >= 0.6 is 0 Å². The van der Waals surface area contributed by atoms with Gasteiger partial charge in [0.1, 0.15) is 5.75 Å².